The van der Waals surface area contributed by atoms with Gasteiger partial charge in [-0.25, -0.2) is 9.59 Å². The summed E-state index contributed by atoms with van der Waals surface area (Å²) in [7, 11) is 0. The Morgan fingerprint density at radius 1 is 0.780 bits per heavy atom. The van der Waals surface area contributed by atoms with Crippen LogP contribution in [0.3, 0.4) is 0 Å². The van der Waals surface area contributed by atoms with Crippen LogP contribution in [0.15, 0.2) is 61.2 Å². The third-order valence-electron chi connectivity index (χ3n) is 7.70. The number of carbonyl (C=O) groups is 3. The molecule has 2 aromatic rings. The molecule has 0 atom stereocenters. The first-order chi connectivity index (χ1) is 20.0. The van der Waals surface area contributed by atoms with E-state index in [9.17, 15) is 14.4 Å². The lowest BCUT2D eigenvalue weighted by molar-refractivity contribution is -0.140. The highest BCUT2D eigenvalue weighted by Crippen LogP contribution is 2.29. The van der Waals surface area contributed by atoms with Crippen molar-refractivity contribution in [1.82, 2.24) is 0 Å². The van der Waals surface area contributed by atoms with Gasteiger partial charge >= 0.3 is 17.9 Å². The van der Waals surface area contributed by atoms with Gasteiger partial charge in [-0.3, -0.25) is 4.79 Å². The Morgan fingerprint density at radius 3 is 1.98 bits per heavy atom. The molecular weight excluding hydrogens is 516 g/mol. The zero-order valence-corrected chi connectivity index (χ0v) is 24.6. The van der Waals surface area contributed by atoms with E-state index >= 15 is 0 Å². The van der Waals surface area contributed by atoms with Crippen LogP contribution in [-0.4, -0.2) is 30.6 Å². The van der Waals surface area contributed by atoms with Crippen molar-refractivity contribution in [2.45, 2.75) is 103 Å². The van der Waals surface area contributed by atoms with E-state index < -0.39 is 0 Å². The van der Waals surface area contributed by atoms with Crippen molar-refractivity contribution in [2.75, 3.05) is 6.61 Å². The van der Waals surface area contributed by atoms with Gasteiger partial charge in [-0.05, 0) is 93.2 Å². The Labute approximate surface area is 245 Å². The predicted molar refractivity (Wildman–Crippen MR) is 161 cm³/mol. The molecular formula is C35H46O6. The minimum Gasteiger partial charge on any atom is -0.463 e. The van der Waals surface area contributed by atoms with Crippen molar-refractivity contribution < 1.29 is 28.6 Å². The van der Waals surface area contributed by atoms with E-state index in [1.165, 1.54) is 42.9 Å². The standard InChI is InChI=1S/C35H46O6/c1-3-5-6-9-12-27-14-18-29(19-15-27)34(37)41-32-24-20-30(21-25-32)35(38)40-31-22-16-28(17-23-31)13-10-7-8-11-26-39-33(36)4-2/h4,14-19,22-23,30,32H,2-3,5-13,20-21,24-26H2,1H3. The second kappa shape index (κ2) is 18.1. The highest BCUT2D eigenvalue weighted by molar-refractivity contribution is 5.89. The van der Waals surface area contributed by atoms with E-state index in [1.807, 2.05) is 48.5 Å². The molecule has 0 bridgehead atoms. The largest absolute Gasteiger partial charge is 0.463 e. The molecule has 0 spiro atoms. The van der Waals surface area contributed by atoms with Crippen molar-refractivity contribution in [3.63, 3.8) is 0 Å². The second-order valence-electron chi connectivity index (χ2n) is 11.0. The smallest absolute Gasteiger partial charge is 0.338 e. The van der Waals surface area contributed by atoms with Gasteiger partial charge in [0.05, 0.1) is 18.1 Å². The summed E-state index contributed by atoms with van der Waals surface area (Å²) in [5, 5.41) is 0. The van der Waals surface area contributed by atoms with Crippen molar-refractivity contribution in [3.8, 4) is 5.75 Å². The quantitative estimate of drug-likeness (QED) is 0.0842. The fourth-order valence-electron chi connectivity index (χ4n) is 5.14. The van der Waals surface area contributed by atoms with Gasteiger partial charge < -0.3 is 14.2 Å². The van der Waals surface area contributed by atoms with Gasteiger partial charge in [0.25, 0.3) is 0 Å². The van der Waals surface area contributed by atoms with Gasteiger partial charge in [0.1, 0.15) is 11.9 Å². The van der Waals surface area contributed by atoms with E-state index in [0.717, 1.165) is 38.5 Å². The zero-order chi connectivity index (χ0) is 29.3. The Hall–Kier alpha value is -3.41. The third kappa shape index (κ3) is 11.9. The number of benzene rings is 2. The summed E-state index contributed by atoms with van der Waals surface area (Å²) in [6, 6.07) is 15.5. The summed E-state index contributed by atoms with van der Waals surface area (Å²) in [4.78, 5) is 36.4. The average Bonchev–Trinajstić information content (AvgIpc) is 3.00. The molecule has 0 amide bonds. The van der Waals surface area contributed by atoms with Gasteiger partial charge in [-0.2, -0.15) is 0 Å². The maximum Gasteiger partial charge on any atom is 0.338 e. The Morgan fingerprint density at radius 2 is 1.37 bits per heavy atom. The normalized spacial score (nSPS) is 16.5. The fraction of sp³-hybridized carbons (Fsp3) is 0.514. The molecule has 1 aliphatic carbocycles. The van der Waals surface area contributed by atoms with E-state index in [2.05, 4.69) is 13.5 Å². The van der Waals surface area contributed by atoms with E-state index in [-0.39, 0.29) is 29.9 Å². The second-order valence-corrected chi connectivity index (χ2v) is 11.0. The van der Waals surface area contributed by atoms with E-state index in [0.29, 0.717) is 43.6 Å². The number of carbonyl (C=O) groups excluding carboxylic acids is 3. The van der Waals surface area contributed by atoms with Crippen LogP contribution in [0.25, 0.3) is 0 Å². The molecule has 2 aromatic carbocycles. The molecule has 6 heteroatoms. The summed E-state index contributed by atoms with van der Waals surface area (Å²) in [5.74, 6) is -0.492. The van der Waals surface area contributed by atoms with Crippen LogP contribution >= 0.6 is 0 Å². The molecule has 0 aliphatic heterocycles. The molecule has 1 saturated carbocycles. The van der Waals surface area contributed by atoms with Crippen molar-refractivity contribution in [2.24, 2.45) is 5.92 Å². The average molecular weight is 563 g/mol. The molecule has 41 heavy (non-hydrogen) atoms. The molecule has 6 nitrogen and oxygen atoms in total. The summed E-state index contributed by atoms with van der Waals surface area (Å²) in [5.41, 5.74) is 3.04. The number of ether oxygens (including phenoxy) is 3. The Kier molecular flexibility index (Phi) is 14.2. The predicted octanol–water partition coefficient (Wildman–Crippen LogP) is 7.96. The topological polar surface area (TPSA) is 78.9 Å². The van der Waals surface area contributed by atoms with Crippen LogP contribution < -0.4 is 4.74 Å². The first-order valence-electron chi connectivity index (χ1n) is 15.4. The molecule has 1 aliphatic rings. The first kappa shape index (κ1) is 32.1. The van der Waals surface area contributed by atoms with Crippen LogP contribution in [0.2, 0.25) is 0 Å². The van der Waals surface area contributed by atoms with Crippen LogP contribution in [0.5, 0.6) is 5.75 Å². The lowest BCUT2D eigenvalue weighted by atomic mass is 9.87. The molecule has 0 N–H and O–H groups in total. The lowest BCUT2D eigenvalue weighted by Gasteiger charge is -2.27. The molecule has 0 radical (unpaired) electrons. The van der Waals surface area contributed by atoms with E-state index in [4.69, 9.17) is 14.2 Å². The summed E-state index contributed by atoms with van der Waals surface area (Å²) in [6.07, 6.45) is 14.5. The van der Waals surface area contributed by atoms with Gasteiger partial charge in [0, 0.05) is 6.08 Å². The minimum absolute atomic E-state index is 0.165. The van der Waals surface area contributed by atoms with Crippen molar-refractivity contribution in [3.05, 3.63) is 77.9 Å². The van der Waals surface area contributed by atoms with Crippen molar-refractivity contribution in [1.29, 1.82) is 0 Å². The van der Waals surface area contributed by atoms with Crippen molar-refractivity contribution >= 4 is 17.9 Å². The maximum atomic E-state index is 12.7. The van der Waals surface area contributed by atoms with Crippen LogP contribution in [-0.2, 0) is 31.9 Å². The third-order valence-corrected chi connectivity index (χ3v) is 7.70. The highest BCUT2D eigenvalue weighted by atomic mass is 16.5. The van der Waals surface area contributed by atoms with Gasteiger partial charge in [-0.15, -0.1) is 0 Å². The van der Waals surface area contributed by atoms with Gasteiger partial charge in [-0.1, -0.05) is 69.9 Å². The zero-order valence-electron chi connectivity index (χ0n) is 24.6. The number of unbranched alkanes of at least 4 members (excludes halogenated alkanes) is 6. The molecule has 1 fully saturated rings. The van der Waals surface area contributed by atoms with Gasteiger partial charge in [0.15, 0.2) is 0 Å². The molecule has 0 saturated heterocycles. The molecule has 0 unspecified atom stereocenters. The number of aryl methyl sites for hydroxylation is 2. The summed E-state index contributed by atoms with van der Waals surface area (Å²) < 4.78 is 16.4. The Bertz CT molecular complexity index is 1080. The lowest BCUT2D eigenvalue weighted by Crippen LogP contribution is -2.30. The number of esters is 3. The fourth-order valence-corrected chi connectivity index (χ4v) is 5.14. The van der Waals surface area contributed by atoms with Crippen LogP contribution in [0.1, 0.15) is 105 Å². The number of rotatable bonds is 17. The van der Waals surface area contributed by atoms with Crippen LogP contribution in [0, 0.1) is 5.92 Å². The molecule has 3 rings (SSSR count). The highest BCUT2D eigenvalue weighted by Gasteiger charge is 2.29. The summed E-state index contributed by atoms with van der Waals surface area (Å²) in [6.45, 7) is 6.03. The molecule has 0 heterocycles. The molecule has 222 valence electrons. The van der Waals surface area contributed by atoms with Crippen LogP contribution in [0.4, 0.5) is 0 Å². The monoisotopic (exact) mass is 562 g/mol. The van der Waals surface area contributed by atoms with E-state index in [1.54, 1.807) is 0 Å². The summed E-state index contributed by atoms with van der Waals surface area (Å²) >= 11 is 0. The minimum atomic E-state index is -0.371. The van der Waals surface area contributed by atoms with Gasteiger partial charge in [0.2, 0.25) is 0 Å². The SMILES string of the molecule is C=CC(=O)OCCCCCCc1ccc(OC(=O)C2CCC(OC(=O)c3ccc(CCCCCC)cc3)CC2)cc1. The number of hydrogen-bond donors (Lipinski definition) is 0. The number of hydrogen-bond acceptors (Lipinski definition) is 6. The maximum absolute atomic E-state index is 12.7. The first-order valence-corrected chi connectivity index (χ1v) is 15.4. The molecule has 0 aromatic heterocycles. The Balaban J connectivity index is 1.31.